The van der Waals surface area contributed by atoms with Crippen molar-refractivity contribution in [3.8, 4) is 6.07 Å². The summed E-state index contributed by atoms with van der Waals surface area (Å²) in [6.45, 7) is 0.144. The summed E-state index contributed by atoms with van der Waals surface area (Å²) in [5.41, 5.74) is 1.60. The zero-order chi connectivity index (χ0) is 15.2. The van der Waals surface area contributed by atoms with Crippen LogP contribution in [0.3, 0.4) is 0 Å². The van der Waals surface area contributed by atoms with E-state index >= 15 is 0 Å². The second-order valence-electron chi connectivity index (χ2n) is 4.59. The average molecular weight is 305 g/mol. The molecule has 0 aliphatic carbocycles. The fourth-order valence-electron chi connectivity index (χ4n) is 1.98. The van der Waals surface area contributed by atoms with Gasteiger partial charge in [-0.15, -0.1) is 0 Å². The van der Waals surface area contributed by atoms with Gasteiger partial charge in [-0.1, -0.05) is 29.8 Å². The molecule has 1 atom stereocenters. The van der Waals surface area contributed by atoms with Crippen molar-refractivity contribution in [3.63, 3.8) is 0 Å². The van der Waals surface area contributed by atoms with Gasteiger partial charge in [-0.3, -0.25) is 0 Å². The van der Waals surface area contributed by atoms with Crippen LogP contribution < -0.4 is 5.32 Å². The van der Waals surface area contributed by atoms with Crippen molar-refractivity contribution in [2.24, 2.45) is 0 Å². The number of nitriles is 1. The molecule has 1 unspecified atom stereocenters. The van der Waals surface area contributed by atoms with Crippen LogP contribution in [0.15, 0.2) is 42.5 Å². The lowest BCUT2D eigenvalue weighted by molar-refractivity contribution is 0.243. The normalized spacial score (nSPS) is 11.9. The second kappa shape index (κ2) is 7.19. The Bertz CT molecular complexity index is 652. The highest BCUT2D eigenvalue weighted by atomic mass is 35.5. The molecule has 0 saturated carbocycles. The van der Waals surface area contributed by atoms with Crippen LogP contribution in [-0.4, -0.2) is 11.7 Å². The van der Waals surface area contributed by atoms with Gasteiger partial charge in [0.05, 0.1) is 24.3 Å². The van der Waals surface area contributed by atoms with Crippen LogP contribution in [0.5, 0.6) is 0 Å². The molecule has 0 bridgehead atoms. The number of aliphatic hydroxyl groups excluding tert-OH is 1. The fourth-order valence-corrected chi connectivity index (χ4v) is 2.10. The highest BCUT2D eigenvalue weighted by molar-refractivity contribution is 6.30. The maximum Gasteiger partial charge on any atom is 0.129 e. The molecule has 5 heteroatoms. The summed E-state index contributed by atoms with van der Waals surface area (Å²) < 4.78 is 13.8. The van der Waals surface area contributed by atoms with Crippen molar-refractivity contribution < 1.29 is 9.50 Å². The SMILES string of the molecule is N#Cc1ccc(CNC(CO)c2ccc(Cl)cc2)c(F)c1. The first-order valence-electron chi connectivity index (χ1n) is 6.42. The molecule has 0 heterocycles. The van der Waals surface area contributed by atoms with Crippen LogP contribution in [0, 0.1) is 17.1 Å². The number of hydrogen-bond acceptors (Lipinski definition) is 3. The summed E-state index contributed by atoms with van der Waals surface area (Å²) in [6.07, 6.45) is 0. The minimum absolute atomic E-state index is 0.112. The predicted octanol–water partition coefficient (Wildman–Crippen LogP) is 3.17. The van der Waals surface area contributed by atoms with Crippen molar-refractivity contribution in [3.05, 3.63) is 70.0 Å². The number of rotatable bonds is 5. The molecule has 108 valence electrons. The predicted molar refractivity (Wildman–Crippen MR) is 79.2 cm³/mol. The standard InChI is InChI=1S/C16H14ClFN2O/c17-14-5-3-12(4-6-14)16(10-21)20-9-13-2-1-11(8-19)7-15(13)18/h1-7,16,20-21H,9-10H2. The Morgan fingerprint density at radius 3 is 2.52 bits per heavy atom. The van der Waals surface area contributed by atoms with E-state index in [1.54, 1.807) is 24.3 Å². The third-order valence-electron chi connectivity index (χ3n) is 3.18. The highest BCUT2D eigenvalue weighted by Gasteiger charge is 2.11. The summed E-state index contributed by atoms with van der Waals surface area (Å²) >= 11 is 5.82. The first kappa shape index (κ1) is 15.5. The molecule has 0 spiro atoms. The molecule has 21 heavy (non-hydrogen) atoms. The number of nitrogens with one attached hydrogen (secondary N) is 1. The maximum atomic E-state index is 13.8. The number of aliphatic hydroxyl groups is 1. The first-order valence-corrected chi connectivity index (χ1v) is 6.80. The molecule has 2 rings (SSSR count). The Morgan fingerprint density at radius 2 is 1.95 bits per heavy atom. The van der Waals surface area contributed by atoms with E-state index in [0.29, 0.717) is 10.6 Å². The van der Waals surface area contributed by atoms with Gasteiger partial charge < -0.3 is 10.4 Å². The molecule has 2 aromatic carbocycles. The smallest absolute Gasteiger partial charge is 0.129 e. The van der Waals surface area contributed by atoms with E-state index in [4.69, 9.17) is 16.9 Å². The minimum atomic E-state index is -0.436. The van der Waals surface area contributed by atoms with Crippen LogP contribution in [-0.2, 0) is 6.54 Å². The fraction of sp³-hybridized carbons (Fsp3) is 0.188. The molecular formula is C16H14ClFN2O. The molecule has 2 N–H and O–H groups in total. The summed E-state index contributed by atoms with van der Waals surface area (Å²) in [4.78, 5) is 0. The van der Waals surface area contributed by atoms with Crippen LogP contribution in [0.25, 0.3) is 0 Å². The largest absolute Gasteiger partial charge is 0.394 e. The maximum absolute atomic E-state index is 13.8. The van der Waals surface area contributed by atoms with E-state index in [0.717, 1.165) is 5.56 Å². The second-order valence-corrected chi connectivity index (χ2v) is 5.02. The Labute approximate surface area is 127 Å². The van der Waals surface area contributed by atoms with Gasteiger partial charge >= 0.3 is 0 Å². The van der Waals surface area contributed by atoms with Gasteiger partial charge in [-0.05, 0) is 29.8 Å². The van der Waals surface area contributed by atoms with Crippen molar-refractivity contribution in [1.82, 2.24) is 5.32 Å². The Kier molecular flexibility index (Phi) is 5.29. The van der Waals surface area contributed by atoms with Gasteiger partial charge in [0, 0.05) is 17.1 Å². The van der Waals surface area contributed by atoms with Crippen molar-refractivity contribution in [2.45, 2.75) is 12.6 Å². The van der Waals surface area contributed by atoms with Crippen molar-refractivity contribution in [2.75, 3.05) is 6.61 Å². The lowest BCUT2D eigenvalue weighted by atomic mass is 10.1. The molecule has 0 radical (unpaired) electrons. The molecule has 0 fully saturated rings. The molecule has 2 aromatic rings. The van der Waals surface area contributed by atoms with Crippen LogP contribution in [0.1, 0.15) is 22.7 Å². The van der Waals surface area contributed by atoms with E-state index in [1.807, 2.05) is 18.2 Å². The highest BCUT2D eigenvalue weighted by Crippen LogP contribution is 2.17. The Hall–Kier alpha value is -1.93. The van der Waals surface area contributed by atoms with Gasteiger partial charge in [-0.25, -0.2) is 4.39 Å². The van der Waals surface area contributed by atoms with Crippen LogP contribution >= 0.6 is 11.6 Å². The van der Waals surface area contributed by atoms with Gasteiger partial charge in [-0.2, -0.15) is 5.26 Å². The summed E-state index contributed by atoms with van der Waals surface area (Å²) in [7, 11) is 0. The van der Waals surface area contributed by atoms with Crippen LogP contribution in [0.2, 0.25) is 5.02 Å². The first-order chi connectivity index (χ1) is 10.1. The number of benzene rings is 2. The monoisotopic (exact) mass is 304 g/mol. The van der Waals surface area contributed by atoms with Gasteiger partial charge in [0.15, 0.2) is 0 Å². The van der Waals surface area contributed by atoms with E-state index in [-0.39, 0.29) is 24.8 Å². The van der Waals surface area contributed by atoms with Crippen molar-refractivity contribution >= 4 is 11.6 Å². The quantitative estimate of drug-likeness (QED) is 0.892. The third-order valence-corrected chi connectivity index (χ3v) is 3.43. The van der Waals surface area contributed by atoms with E-state index in [9.17, 15) is 9.50 Å². The van der Waals surface area contributed by atoms with Gasteiger partial charge in [0.2, 0.25) is 0 Å². The molecule has 0 saturated heterocycles. The summed E-state index contributed by atoms with van der Waals surface area (Å²) in [5, 5.41) is 21.9. The summed E-state index contributed by atoms with van der Waals surface area (Å²) in [6, 6.07) is 13.0. The van der Waals surface area contributed by atoms with Crippen LogP contribution in [0.4, 0.5) is 4.39 Å². The van der Waals surface area contributed by atoms with Gasteiger partial charge in [0.1, 0.15) is 5.82 Å². The lowest BCUT2D eigenvalue weighted by Gasteiger charge is -2.17. The average Bonchev–Trinajstić information content (AvgIpc) is 2.50. The summed E-state index contributed by atoms with van der Waals surface area (Å²) in [5.74, 6) is -0.436. The Balaban J connectivity index is 2.07. The molecule has 0 aliphatic heterocycles. The van der Waals surface area contributed by atoms with E-state index < -0.39 is 5.82 Å². The number of nitrogens with zero attached hydrogens (tertiary/aromatic N) is 1. The molecular weight excluding hydrogens is 291 g/mol. The lowest BCUT2D eigenvalue weighted by Crippen LogP contribution is -2.24. The third kappa shape index (κ3) is 4.02. The molecule has 3 nitrogen and oxygen atoms in total. The Morgan fingerprint density at radius 1 is 1.24 bits per heavy atom. The number of halogens is 2. The molecule has 0 aromatic heterocycles. The minimum Gasteiger partial charge on any atom is -0.394 e. The topological polar surface area (TPSA) is 56.0 Å². The zero-order valence-corrected chi connectivity index (χ0v) is 11.9. The number of hydrogen-bond donors (Lipinski definition) is 2. The molecule has 0 amide bonds. The van der Waals surface area contributed by atoms with Crippen molar-refractivity contribution in [1.29, 1.82) is 5.26 Å². The molecule has 0 aliphatic rings. The van der Waals surface area contributed by atoms with E-state index in [2.05, 4.69) is 5.32 Å². The van der Waals surface area contributed by atoms with Gasteiger partial charge in [0.25, 0.3) is 0 Å². The van der Waals surface area contributed by atoms with E-state index in [1.165, 1.54) is 6.07 Å². The zero-order valence-electron chi connectivity index (χ0n) is 11.2.